The lowest BCUT2D eigenvalue weighted by molar-refractivity contribution is 0.669. The molecule has 2 heterocycles. The minimum Gasteiger partial charge on any atom is -0.456 e. The van der Waals surface area contributed by atoms with Gasteiger partial charge < -0.3 is 8.98 Å². The van der Waals surface area contributed by atoms with Crippen molar-refractivity contribution in [1.82, 2.24) is 4.57 Å². The predicted molar refractivity (Wildman–Crippen MR) is 239 cm³/mol. The lowest BCUT2D eigenvalue weighted by Crippen LogP contribution is -1.99. The van der Waals surface area contributed by atoms with Gasteiger partial charge in [-0.1, -0.05) is 158 Å². The van der Waals surface area contributed by atoms with Gasteiger partial charge in [-0.05, 0) is 101 Å². The third-order valence-electron chi connectivity index (χ3n) is 11.8. The third-order valence-corrected chi connectivity index (χ3v) is 11.8. The summed E-state index contributed by atoms with van der Waals surface area (Å²) in [6.07, 6.45) is 0. The molecule has 0 aliphatic carbocycles. The SMILES string of the molecule is c1ccc(-c2ccc3c(c2)c2ccccc2c2ccccc2c2cc4c(cc2n3-c2ccc3c5ccccc5c5ccccc5c3c2)oc2ccccc24)cc1. The van der Waals surface area contributed by atoms with Crippen molar-refractivity contribution < 1.29 is 4.42 Å². The smallest absolute Gasteiger partial charge is 0.137 e. The van der Waals surface area contributed by atoms with Gasteiger partial charge in [-0.2, -0.15) is 0 Å². The zero-order valence-corrected chi connectivity index (χ0v) is 30.4. The number of benzene rings is 10. The van der Waals surface area contributed by atoms with Crippen molar-refractivity contribution >= 4 is 97.6 Å². The van der Waals surface area contributed by atoms with Crippen LogP contribution in [0.5, 0.6) is 0 Å². The Hall–Kier alpha value is -7.42. The maximum Gasteiger partial charge on any atom is 0.137 e. The molecule has 12 aromatic rings. The summed E-state index contributed by atoms with van der Waals surface area (Å²) in [4.78, 5) is 0. The molecule has 0 radical (unpaired) electrons. The molecule has 2 heteroatoms. The van der Waals surface area contributed by atoms with E-state index in [9.17, 15) is 0 Å². The van der Waals surface area contributed by atoms with Gasteiger partial charge in [-0.3, -0.25) is 0 Å². The summed E-state index contributed by atoms with van der Waals surface area (Å²) < 4.78 is 9.15. The molecule has 0 bridgehead atoms. The molecule has 2 aromatic heterocycles. The van der Waals surface area contributed by atoms with Crippen molar-refractivity contribution in [2.45, 2.75) is 0 Å². The Morgan fingerprint density at radius 2 is 0.732 bits per heavy atom. The molecule has 0 N–H and O–H groups in total. The first-order chi connectivity index (χ1) is 27.8. The van der Waals surface area contributed by atoms with E-state index in [1.807, 2.05) is 6.07 Å². The largest absolute Gasteiger partial charge is 0.456 e. The van der Waals surface area contributed by atoms with Crippen LogP contribution in [0.1, 0.15) is 0 Å². The molecule has 0 spiro atoms. The Morgan fingerprint density at radius 1 is 0.250 bits per heavy atom. The molecular weight excluding hydrogens is 679 g/mol. The summed E-state index contributed by atoms with van der Waals surface area (Å²) in [5.74, 6) is 0. The Balaban J connectivity index is 1.36. The molecule has 56 heavy (non-hydrogen) atoms. The van der Waals surface area contributed by atoms with Gasteiger partial charge in [-0.25, -0.2) is 0 Å². The predicted octanol–water partition coefficient (Wildman–Crippen LogP) is 15.2. The van der Waals surface area contributed by atoms with Crippen molar-refractivity contribution in [3.63, 3.8) is 0 Å². The van der Waals surface area contributed by atoms with Crippen molar-refractivity contribution in [3.8, 4) is 16.8 Å². The molecule has 260 valence electrons. The number of rotatable bonds is 2. The van der Waals surface area contributed by atoms with Crippen LogP contribution < -0.4 is 0 Å². The minimum atomic E-state index is 0.865. The molecule has 0 amide bonds. The zero-order valence-electron chi connectivity index (χ0n) is 30.4. The number of hydrogen-bond donors (Lipinski definition) is 0. The molecule has 0 saturated carbocycles. The highest BCUT2D eigenvalue weighted by Crippen LogP contribution is 2.41. The van der Waals surface area contributed by atoms with Gasteiger partial charge >= 0.3 is 0 Å². The summed E-state index contributed by atoms with van der Waals surface area (Å²) >= 11 is 0. The first-order valence-electron chi connectivity index (χ1n) is 19.3. The van der Waals surface area contributed by atoms with Crippen LogP contribution in [0.4, 0.5) is 0 Å². The first kappa shape index (κ1) is 31.0. The first-order valence-corrected chi connectivity index (χ1v) is 19.3. The van der Waals surface area contributed by atoms with Gasteiger partial charge in [0.2, 0.25) is 0 Å². The van der Waals surface area contributed by atoms with Crippen molar-refractivity contribution in [1.29, 1.82) is 0 Å². The van der Waals surface area contributed by atoms with Crippen LogP contribution in [0, 0.1) is 0 Å². The van der Waals surface area contributed by atoms with E-state index < -0.39 is 0 Å². The van der Waals surface area contributed by atoms with E-state index in [4.69, 9.17) is 4.42 Å². The van der Waals surface area contributed by atoms with Crippen LogP contribution in [0.3, 0.4) is 0 Å². The average Bonchev–Trinajstić information content (AvgIpc) is 3.65. The molecule has 0 aliphatic rings. The minimum absolute atomic E-state index is 0.865. The Kier molecular flexibility index (Phi) is 6.66. The summed E-state index contributed by atoms with van der Waals surface area (Å²) in [6, 6.07) is 73.1. The van der Waals surface area contributed by atoms with Crippen LogP contribution in [0.2, 0.25) is 0 Å². The number of hydrogen-bond acceptors (Lipinski definition) is 1. The van der Waals surface area contributed by atoms with Crippen LogP contribution in [0.15, 0.2) is 205 Å². The molecule has 0 unspecified atom stereocenters. The molecule has 10 aromatic carbocycles. The number of fused-ring (bicyclic) bond motifs is 16. The molecule has 2 nitrogen and oxygen atoms in total. The zero-order chi connectivity index (χ0) is 36.7. The van der Waals surface area contributed by atoms with Gasteiger partial charge in [0.05, 0.1) is 11.0 Å². The van der Waals surface area contributed by atoms with E-state index in [2.05, 4.69) is 199 Å². The van der Waals surface area contributed by atoms with Crippen LogP contribution in [-0.2, 0) is 0 Å². The van der Waals surface area contributed by atoms with Crippen LogP contribution >= 0.6 is 0 Å². The Morgan fingerprint density at radius 3 is 1.34 bits per heavy atom. The maximum absolute atomic E-state index is 6.67. The lowest BCUT2D eigenvalue weighted by Gasteiger charge is -2.17. The highest BCUT2D eigenvalue weighted by Gasteiger charge is 2.17. The molecule has 0 aliphatic heterocycles. The van der Waals surface area contributed by atoms with E-state index in [-0.39, 0.29) is 0 Å². The second-order valence-corrected chi connectivity index (χ2v) is 14.8. The maximum atomic E-state index is 6.67. The summed E-state index contributed by atoms with van der Waals surface area (Å²) in [5.41, 5.74) is 7.37. The van der Waals surface area contributed by atoms with Gasteiger partial charge in [0, 0.05) is 33.3 Å². The van der Waals surface area contributed by atoms with E-state index in [0.29, 0.717) is 0 Å². The van der Waals surface area contributed by atoms with E-state index in [0.717, 1.165) is 49.4 Å². The standard InChI is InChI=1S/C54H33NO/c1-2-14-34(15-3-1)35-26-29-51-48(30-35)43-22-10-7-18-39(43)40-19-8-11-23-44(40)49-32-50-46-24-12-13-25-53(46)56-54(50)33-52(49)55(51)36-27-28-45-41-20-5-4-16-37(41)38-17-6-9-21-42(38)47(45)31-36/h1-33H. The van der Waals surface area contributed by atoms with Crippen molar-refractivity contribution in [2.24, 2.45) is 0 Å². The van der Waals surface area contributed by atoms with Gasteiger partial charge in [-0.15, -0.1) is 0 Å². The van der Waals surface area contributed by atoms with Crippen LogP contribution in [0.25, 0.3) is 114 Å². The number of para-hydroxylation sites is 1. The van der Waals surface area contributed by atoms with E-state index in [1.165, 1.54) is 65.0 Å². The molecule has 12 rings (SSSR count). The van der Waals surface area contributed by atoms with Gasteiger partial charge in [0.1, 0.15) is 11.2 Å². The fraction of sp³-hybridized carbons (Fsp3) is 0. The fourth-order valence-electron chi connectivity index (χ4n) is 9.27. The van der Waals surface area contributed by atoms with Crippen LogP contribution in [-0.4, -0.2) is 4.57 Å². The highest BCUT2D eigenvalue weighted by atomic mass is 16.3. The van der Waals surface area contributed by atoms with E-state index in [1.54, 1.807) is 0 Å². The number of furan rings is 1. The monoisotopic (exact) mass is 711 g/mol. The topological polar surface area (TPSA) is 18.1 Å². The van der Waals surface area contributed by atoms with Crippen molar-refractivity contribution in [3.05, 3.63) is 200 Å². The molecule has 0 fully saturated rings. The highest BCUT2D eigenvalue weighted by molar-refractivity contribution is 6.26. The average molecular weight is 712 g/mol. The van der Waals surface area contributed by atoms with Gasteiger partial charge in [0.15, 0.2) is 0 Å². The summed E-state index contributed by atoms with van der Waals surface area (Å²) in [6.45, 7) is 0. The van der Waals surface area contributed by atoms with E-state index >= 15 is 0 Å². The number of aromatic nitrogens is 1. The second-order valence-electron chi connectivity index (χ2n) is 14.8. The molecule has 0 atom stereocenters. The summed E-state index contributed by atoms with van der Waals surface area (Å²) in [5, 5.41) is 16.8. The summed E-state index contributed by atoms with van der Waals surface area (Å²) in [7, 11) is 0. The quantitative estimate of drug-likeness (QED) is 0.163. The Labute approximate surface area is 322 Å². The molecular formula is C54H33NO. The van der Waals surface area contributed by atoms with Crippen molar-refractivity contribution in [2.75, 3.05) is 0 Å². The second kappa shape index (κ2) is 12.0. The lowest BCUT2D eigenvalue weighted by atomic mass is 9.94. The normalized spacial score (nSPS) is 11.9. The van der Waals surface area contributed by atoms with Gasteiger partial charge in [0.25, 0.3) is 0 Å². The fourth-order valence-corrected chi connectivity index (χ4v) is 9.27. The third kappa shape index (κ3) is 4.57. The Bertz CT molecular complexity index is 3610. The molecule has 0 saturated heterocycles. The number of nitrogens with zero attached hydrogens (tertiary/aromatic N) is 1.